The van der Waals surface area contributed by atoms with E-state index in [-0.39, 0.29) is 0 Å². The Bertz CT molecular complexity index is 700. The van der Waals surface area contributed by atoms with Crippen molar-refractivity contribution in [1.29, 1.82) is 0 Å². The highest BCUT2D eigenvalue weighted by atomic mass is 15.1. The summed E-state index contributed by atoms with van der Waals surface area (Å²) in [6, 6.07) is 9.04. The molecule has 2 heterocycles. The average Bonchev–Trinajstić information content (AvgIpc) is 2.68. The molecule has 2 heteroatoms. The van der Waals surface area contributed by atoms with E-state index in [9.17, 15) is 0 Å². The van der Waals surface area contributed by atoms with E-state index in [2.05, 4.69) is 104 Å². The zero-order valence-electron chi connectivity index (χ0n) is 15.5. The van der Waals surface area contributed by atoms with Crippen LogP contribution in [0.1, 0.15) is 44.2 Å². The number of nitrogens with zero attached hydrogens (tertiary/aromatic N) is 2. The maximum absolute atomic E-state index is 2.29. The lowest BCUT2D eigenvalue weighted by atomic mass is 9.97. The van der Waals surface area contributed by atoms with E-state index < -0.39 is 0 Å². The van der Waals surface area contributed by atoms with Gasteiger partial charge in [-0.05, 0) is 65.8 Å². The molecule has 0 saturated heterocycles. The molecule has 130 valence electrons. The predicted octanol–water partition coefficient (Wildman–Crippen LogP) is 5.70. The van der Waals surface area contributed by atoms with Gasteiger partial charge in [-0.1, -0.05) is 38.1 Å². The van der Waals surface area contributed by atoms with Gasteiger partial charge in [0, 0.05) is 37.9 Å². The maximum atomic E-state index is 2.29. The average molecular weight is 332 g/mol. The zero-order valence-corrected chi connectivity index (χ0v) is 15.5. The molecule has 1 atom stereocenters. The fraction of sp³-hybridized carbons (Fsp3) is 0.304. The second-order valence-corrected chi connectivity index (χ2v) is 6.73. The first-order valence-electron chi connectivity index (χ1n) is 9.27. The van der Waals surface area contributed by atoms with Gasteiger partial charge in [0.05, 0.1) is 0 Å². The Morgan fingerprint density at radius 2 is 1.28 bits per heavy atom. The van der Waals surface area contributed by atoms with Gasteiger partial charge in [-0.25, -0.2) is 0 Å². The largest absolute Gasteiger partial charge is 0.354 e. The van der Waals surface area contributed by atoms with E-state index in [1.54, 1.807) is 0 Å². The van der Waals surface area contributed by atoms with Crippen molar-refractivity contribution in [1.82, 2.24) is 9.80 Å². The number of allylic oxidation sites excluding steroid dienone is 6. The van der Waals surface area contributed by atoms with Gasteiger partial charge < -0.3 is 9.80 Å². The highest BCUT2D eigenvalue weighted by Crippen LogP contribution is 2.22. The van der Waals surface area contributed by atoms with Crippen LogP contribution in [-0.4, -0.2) is 16.3 Å². The molecule has 2 aliphatic heterocycles. The third-order valence-electron chi connectivity index (χ3n) is 5.01. The lowest BCUT2D eigenvalue weighted by molar-refractivity contribution is 0.497. The topological polar surface area (TPSA) is 6.48 Å². The first-order valence-corrected chi connectivity index (χ1v) is 9.27. The van der Waals surface area contributed by atoms with E-state index in [1.165, 1.54) is 28.7 Å². The van der Waals surface area contributed by atoms with Crippen molar-refractivity contribution in [3.63, 3.8) is 0 Å². The first-order chi connectivity index (χ1) is 12.2. The van der Waals surface area contributed by atoms with Crippen LogP contribution in [0.2, 0.25) is 0 Å². The van der Waals surface area contributed by atoms with Crippen molar-refractivity contribution in [2.24, 2.45) is 0 Å². The van der Waals surface area contributed by atoms with Gasteiger partial charge in [-0.15, -0.1) is 0 Å². The normalized spacial score (nSPS) is 17.6. The SMILES string of the molecule is CCC(C)c1ccc(CN2C=CC(=C3C=CN(CC)C=C3)C=C2)cc1. The molecule has 0 radical (unpaired) electrons. The van der Waals surface area contributed by atoms with Crippen LogP contribution >= 0.6 is 0 Å². The second kappa shape index (κ2) is 8.06. The molecule has 0 aromatic heterocycles. The molecular weight excluding hydrogens is 304 g/mol. The first kappa shape index (κ1) is 17.3. The molecule has 0 N–H and O–H groups in total. The Labute approximate surface area is 152 Å². The van der Waals surface area contributed by atoms with Crippen molar-refractivity contribution in [3.05, 3.63) is 95.6 Å². The second-order valence-electron chi connectivity index (χ2n) is 6.73. The standard InChI is InChI=1S/C23H28N2/c1-4-19(3)21-8-6-20(7-9-21)18-25-16-12-23(13-17-25)22-10-14-24(5-2)15-11-22/h6-17,19H,4-5,18H2,1-3H3. The summed E-state index contributed by atoms with van der Waals surface area (Å²) in [5, 5.41) is 0. The van der Waals surface area contributed by atoms with E-state index >= 15 is 0 Å². The van der Waals surface area contributed by atoms with Gasteiger partial charge >= 0.3 is 0 Å². The number of rotatable bonds is 5. The minimum Gasteiger partial charge on any atom is -0.354 e. The van der Waals surface area contributed by atoms with Gasteiger partial charge in [0.25, 0.3) is 0 Å². The molecule has 1 aromatic carbocycles. The molecule has 3 rings (SSSR count). The summed E-state index contributed by atoms with van der Waals surface area (Å²) in [6.07, 6.45) is 18.5. The van der Waals surface area contributed by atoms with E-state index in [0.29, 0.717) is 5.92 Å². The minimum absolute atomic E-state index is 0.637. The summed E-state index contributed by atoms with van der Waals surface area (Å²) in [6.45, 7) is 8.59. The van der Waals surface area contributed by atoms with Gasteiger partial charge in [-0.2, -0.15) is 0 Å². The van der Waals surface area contributed by atoms with Gasteiger partial charge in [0.15, 0.2) is 0 Å². The van der Waals surface area contributed by atoms with Crippen LogP contribution in [0.25, 0.3) is 0 Å². The highest BCUT2D eigenvalue weighted by Gasteiger charge is 2.07. The van der Waals surface area contributed by atoms with Gasteiger partial charge in [0.2, 0.25) is 0 Å². The Hall–Kier alpha value is -2.48. The molecule has 0 fully saturated rings. The van der Waals surface area contributed by atoms with Crippen molar-refractivity contribution >= 4 is 0 Å². The molecule has 1 aromatic rings. The summed E-state index contributed by atoms with van der Waals surface area (Å²) >= 11 is 0. The molecule has 0 bridgehead atoms. The van der Waals surface area contributed by atoms with Crippen LogP contribution in [-0.2, 0) is 6.54 Å². The summed E-state index contributed by atoms with van der Waals surface area (Å²) in [5.41, 5.74) is 5.29. The minimum atomic E-state index is 0.637. The van der Waals surface area contributed by atoms with Gasteiger partial charge in [0.1, 0.15) is 0 Å². The number of hydrogen-bond donors (Lipinski definition) is 0. The molecule has 25 heavy (non-hydrogen) atoms. The Balaban J connectivity index is 1.62. The van der Waals surface area contributed by atoms with Crippen LogP contribution < -0.4 is 0 Å². The molecule has 2 aliphatic rings. The van der Waals surface area contributed by atoms with Crippen molar-refractivity contribution in [2.45, 2.75) is 39.7 Å². The quantitative estimate of drug-likeness (QED) is 0.682. The zero-order chi connectivity index (χ0) is 17.6. The fourth-order valence-corrected chi connectivity index (χ4v) is 3.01. The molecule has 1 unspecified atom stereocenters. The third-order valence-corrected chi connectivity index (χ3v) is 5.01. The molecule has 2 nitrogen and oxygen atoms in total. The molecule has 0 spiro atoms. The van der Waals surface area contributed by atoms with E-state index in [1.807, 2.05) is 0 Å². The molecule has 0 aliphatic carbocycles. The molecular formula is C23H28N2. The Morgan fingerprint density at radius 1 is 0.760 bits per heavy atom. The number of hydrogen-bond acceptors (Lipinski definition) is 2. The smallest absolute Gasteiger partial charge is 0.0470 e. The van der Waals surface area contributed by atoms with E-state index in [0.717, 1.165) is 13.1 Å². The van der Waals surface area contributed by atoms with Crippen LogP contribution in [0.5, 0.6) is 0 Å². The Morgan fingerprint density at radius 3 is 1.76 bits per heavy atom. The Kier molecular flexibility index (Phi) is 5.60. The van der Waals surface area contributed by atoms with Crippen LogP contribution in [0, 0.1) is 0 Å². The van der Waals surface area contributed by atoms with Crippen molar-refractivity contribution in [3.8, 4) is 0 Å². The highest BCUT2D eigenvalue weighted by molar-refractivity contribution is 5.49. The van der Waals surface area contributed by atoms with Gasteiger partial charge in [-0.3, -0.25) is 0 Å². The number of benzene rings is 1. The van der Waals surface area contributed by atoms with Crippen molar-refractivity contribution < 1.29 is 0 Å². The maximum Gasteiger partial charge on any atom is 0.0470 e. The summed E-state index contributed by atoms with van der Waals surface area (Å²) in [4.78, 5) is 4.41. The summed E-state index contributed by atoms with van der Waals surface area (Å²) < 4.78 is 0. The van der Waals surface area contributed by atoms with Crippen LogP contribution in [0.4, 0.5) is 0 Å². The predicted molar refractivity (Wildman–Crippen MR) is 107 cm³/mol. The molecule has 0 amide bonds. The fourth-order valence-electron chi connectivity index (χ4n) is 3.01. The van der Waals surface area contributed by atoms with Crippen LogP contribution in [0.15, 0.2) is 84.5 Å². The van der Waals surface area contributed by atoms with E-state index in [4.69, 9.17) is 0 Å². The lowest BCUT2D eigenvalue weighted by Crippen LogP contribution is -2.13. The summed E-state index contributed by atoms with van der Waals surface area (Å²) in [7, 11) is 0. The van der Waals surface area contributed by atoms with Crippen molar-refractivity contribution in [2.75, 3.05) is 6.54 Å². The molecule has 0 saturated carbocycles. The van der Waals surface area contributed by atoms with Crippen LogP contribution in [0.3, 0.4) is 0 Å². The summed E-state index contributed by atoms with van der Waals surface area (Å²) in [5.74, 6) is 0.637. The lowest BCUT2D eigenvalue weighted by Gasteiger charge is -2.21. The third kappa shape index (κ3) is 4.33. The monoisotopic (exact) mass is 332 g/mol.